The van der Waals surface area contributed by atoms with Gasteiger partial charge in [0, 0.05) is 17.8 Å². The fraction of sp³-hybridized carbons (Fsp3) is 0.214. The summed E-state index contributed by atoms with van der Waals surface area (Å²) in [5.74, 6) is 0.424. The molecule has 0 aliphatic carbocycles. The first-order valence-electron chi connectivity index (χ1n) is 5.37. The van der Waals surface area contributed by atoms with Gasteiger partial charge in [-0.05, 0) is 24.1 Å². The fourth-order valence-electron chi connectivity index (χ4n) is 1.88. The molecule has 0 aliphatic heterocycles. The largest absolute Gasteiger partial charge is 0.261 e. The molecule has 0 radical (unpaired) electrons. The molecule has 0 saturated carbocycles. The summed E-state index contributed by atoms with van der Waals surface area (Å²) >= 11 is 0. The van der Waals surface area contributed by atoms with Crippen molar-refractivity contribution in [3.8, 4) is 0 Å². The molecule has 1 heterocycles. The van der Waals surface area contributed by atoms with Crippen LogP contribution in [0.5, 0.6) is 0 Å². The Balaban J connectivity index is 2.34. The topological polar surface area (TPSA) is 12.9 Å². The van der Waals surface area contributed by atoms with Crippen LogP contribution in [-0.4, -0.2) is 4.98 Å². The molecule has 0 fully saturated rings. The Morgan fingerprint density at radius 1 is 1.00 bits per heavy atom. The highest BCUT2D eigenvalue weighted by molar-refractivity contribution is 5.27. The molecule has 2 rings (SSSR count). The Kier molecular flexibility index (Phi) is 3.13. The monoisotopic (exact) mass is 197 g/mol. The Hall–Kier alpha value is -1.63. The number of pyridine rings is 1. The molecule has 1 nitrogen and oxygen atoms in total. The molecule has 1 heteroatoms. The Morgan fingerprint density at radius 2 is 1.73 bits per heavy atom. The standard InChI is InChI=1S/C14H15N/c1-2-13(12-8-4-3-5-9-12)14-10-6-7-11-15-14/h3-11,13H,2H2,1H3. The molecular formula is C14H15N. The molecule has 0 saturated heterocycles. The third-order valence-electron chi connectivity index (χ3n) is 2.65. The zero-order valence-electron chi connectivity index (χ0n) is 8.93. The summed E-state index contributed by atoms with van der Waals surface area (Å²) in [6.45, 7) is 2.20. The van der Waals surface area contributed by atoms with Gasteiger partial charge in [-0.2, -0.15) is 0 Å². The van der Waals surface area contributed by atoms with Crippen LogP contribution in [0.3, 0.4) is 0 Å². The Morgan fingerprint density at radius 3 is 2.33 bits per heavy atom. The lowest BCUT2D eigenvalue weighted by Crippen LogP contribution is -2.01. The van der Waals surface area contributed by atoms with E-state index in [2.05, 4.69) is 48.3 Å². The maximum Gasteiger partial charge on any atom is 0.0478 e. The van der Waals surface area contributed by atoms with Crippen molar-refractivity contribution >= 4 is 0 Å². The van der Waals surface area contributed by atoms with Crippen LogP contribution in [0.25, 0.3) is 0 Å². The molecule has 1 aromatic carbocycles. The predicted molar refractivity (Wildman–Crippen MR) is 62.8 cm³/mol. The van der Waals surface area contributed by atoms with Crippen molar-refractivity contribution in [2.75, 3.05) is 0 Å². The average molecular weight is 197 g/mol. The van der Waals surface area contributed by atoms with Crippen LogP contribution in [-0.2, 0) is 0 Å². The molecular weight excluding hydrogens is 182 g/mol. The van der Waals surface area contributed by atoms with Gasteiger partial charge in [0.15, 0.2) is 0 Å². The molecule has 0 N–H and O–H groups in total. The van der Waals surface area contributed by atoms with Gasteiger partial charge in [-0.3, -0.25) is 4.98 Å². The second kappa shape index (κ2) is 4.74. The maximum absolute atomic E-state index is 4.43. The third-order valence-corrected chi connectivity index (χ3v) is 2.65. The summed E-state index contributed by atoms with van der Waals surface area (Å²) < 4.78 is 0. The number of hydrogen-bond donors (Lipinski definition) is 0. The summed E-state index contributed by atoms with van der Waals surface area (Å²) in [5.41, 5.74) is 2.50. The summed E-state index contributed by atoms with van der Waals surface area (Å²) in [5, 5.41) is 0. The van der Waals surface area contributed by atoms with Gasteiger partial charge in [0.1, 0.15) is 0 Å². The van der Waals surface area contributed by atoms with Gasteiger partial charge in [0.2, 0.25) is 0 Å². The highest BCUT2D eigenvalue weighted by atomic mass is 14.7. The van der Waals surface area contributed by atoms with E-state index < -0.39 is 0 Å². The van der Waals surface area contributed by atoms with Gasteiger partial charge < -0.3 is 0 Å². The smallest absolute Gasteiger partial charge is 0.0478 e. The first-order valence-corrected chi connectivity index (χ1v) is 5.37. The lowest BCUT2D eigenvalue weighted by Gasteiger charge is -2.14. The van der Waals surface area contributed by atoms with Crippen molar-refractivity contribution < 1.29 is 0 Å². The van der Waals surface area contributed by atoms with E-state index in [1.165, 1.54) is 5.56 Å². The van der Waals surface area contributed by atoms with Crippen LogP contribution < -0.4 is 0 Å². The van der Waals surface area contributed by atoms with Gasteiger partial charge in [-0.15, -0.1) is 0 Å². The normalized spacial score (nSPS) is 12.3. The van der Waals surface area contributed by atoms with E-state index in [4.69, 9.17) is 0 Å². The van der Waals surface area contributed by atoms with E-state index in [1.54, 1.807) is 0 Å². The number of nitrogens with zero attached hydrogens (tertiary/aromatic N) is 1. The minimum Gasteiger partial charge on any atom is -0.261 e. The third kappa shape index (κ3) is 2.24. The van der Waals surface area contributed by atoms with Gasteiger partial charge >= 0.3 is 0 Å². The minimum atomic E-state index is 0.424. The van der Waals surface area contributed by atoms with E-state index in [1.807, 2.05) is 18.3 Å². The number of benzene rings is 1. The van der Waals surface area contributed by atoms with Gasteiger partial charge in [-0.25, -0.2) is 0 Å². The Bertz CT molecular complexity index is 355. The molecule has 76 valence electrons. The first-order chi connectivity index (χ1) is 7.42. The molecule has 0 spiro atoms. The number of rotatable bonds is 3. The van der Waals surface area contributed by atoms with Crippen LogP contribution >= 0.6 is 0 Å². The van der Waals surface area contributed by atoms with Gasteiger partial charge in [0.05, 0.1) is 0 Å². The van der Waals surface area contributed by atoms with E-state index in [-0.39, 0.29) is 0 Å². The van der Waals surface area contributed by atoms with Gasteiger partial charge in [0.25, 0.3) is 0 Å². The van der Waals surface area contributed by atoms with Crippen LogP contribution in [0.4, 0.5) is 0 Å². The fourth-order valence-corrected chi connectivity index (χ4v) is 1.88. The zero-order valence-corrected chi connectivity index (χ0v) is 8.93. The van der Waals surface area contributed by atoms with Crippen molar-refractivity contribution in [2.45, 2.75) is 19.3 Å². The SMILES string of the molecule is CCC(c1ccccc1)c1ccccn1. The van der Waals surface area contributed by atoms with Crippen LogP contribution in [0.15, 0.2) is 54.7 Å². The molecule has 1 aromatic heterocycles. The van der Waals surface area contributed by atoms with Crippen molar-refractivity contribution in [1.82, 2.24) is 4.98 Å². The first kappa shape index (κ1) is 9.91. The van der Waals surface area contributed by atoms with Crippen molar-refractivity contribution in [3.63, 3.8) is 0 Å². The highest BCUT2D eigenvalue weighted by Gasteiger charge is 2.11. The second-order valence-electron chi connectivity index (χ2n) is 3.63. The lowest BCUT2D eigenvalue weighted by molar-refractivity contribution is 0.749. The van der Waals surface area contributed by atoms with Crippen LogP contribution in [0.2, 0.25) is 0 Å². The predicted octanol–water partition coefficient (Wildman–Crippen LogP) is 3.62. The van der Waals surface area contributed by atoms with E-state index in [0.717, 1.165) is 12.1 Å². The summed E-state index contributed by atoms with van der Waals surface area (Å²) in [4.78, 5) is 4.43. The number of aromatic nitrogens is 1. The molecule has 0 aliphatic rings. The molecule has 0 amide bonds. The number of hydrogen-bond acceptors (Lipinski definition) is 1. The molecule has 15 heavy (non-hydrogen) atoms. The highest BCUT2D eigenvalue weighted by Crippen LogP contribution is 2.25. The molecule has 0 bridgehead atoms. The van der Waals surface area contributed by atoms with Crippen molar-refractivity contribution in [3.05, 3.63) is 66.0 Å². The molecule has 1 atom stereocenters. The van der Waals surface area contributed by atoms with Crippen molar-refractivity contribution in [1.29, 1.82) is 0 Å². The summed E-state index contributed by atoms with van der Waals surface area (Å²) in [6.07, 6.45) is 2.95. The van der Waals surface area contributed by atoms with Crippen molar-refractivity contribution in [2.24, 2.45) is 0 Å². The van der Waals surface area contributed by atoms with Gasteiger partial charge in [-0.1, -0.05) is 43.3 Å². The second-order valence-corrected chi connectivity index (χ2v) is 3.63. The Labute approximate surface area is 90.8 Å². The zero-order chi connectivity index (χ0) is 10.5. The van der Waals surface area contributed by atoms with Crippen LogP contribution in [0.1, 0.15) is 30.5 Å². The van der Waals surface area contributed by atoms with Crippen LogP contribution in [0, 0.1) is 0 Å². The average Bonchev–Trinajstić information content (AvgIpc) is 2.33. The lowest BCUT2D eigenvalue weighted by atomic mass is 9.93. The minimum absolute atomic E-state index is 0.424. The van der Waals surface area contributed by atoms with E-state index in [0.29, 0.717) is 5.92 Å². The molecule has 1 unspecified atom stereocenters. The molecule has 2 aromatic rings. The summed E-state index contributed by atoms with van der Waals surface area (Å²) in [6, 6.07) is 16.7. The van der Waals surface area contributed by atoms with E-state index >= 15 is 0 Å². The summed E-state index contributed by atoms with van der Waals surface area (Å²) in [7, 11) is 0. The maximum atomic E-state index is 4.43. The van der Waals surface area contributed by atoms with E-state index in [9.17, 15) is 0 Å². The quantitative estimate of drug-likeness (QED) is 0.732.